The summed E-state index contributed by atoms with van der Waals surface area (Å²) in [4.78, 5) is 11.9. The maximum absolute atomic E-state index is 11.9. The van der Waals surface area contributed by atoms with Gasteiger partial charge in [0.05, 0.1) is 12.0 Å². The molecule has 0 spiro atoms. The van der Waals surface area contributed by atoms with Crippen LogP contribution in [-0.2, 0) is 14.3 Å². The Morgan fingerprint density at radius 3 is 2.61 bits per heavy atom. The second-order valence-electron chi connectivity index (χ2n) is 5.25. The highest BCUT2D eigenvalue weighted by Gasteiger charge is 2.58. The summed E-state index contributed by atoms with van der Waals surface area (Å²) >= 11 is 0. The summed E-state index contributed by atoms with van der Waals surface area (Å²) < 4.78 is 11.7. The third kappa shape index (κ3) is 1.06. The van der Waals surface area contributed by atoms with E-state index >= 15 is 0 Å². The fraction of sp³-hybridized carbons (Fsp3) is 0.400. The van der Waals surface area contributed by atoms with E-state index in [9.17, 15) is 4.79 Å². The molecule has 0 amide bonds. The van der Waals surface area contributed by atoms with E-state index in [1.54, 1.807) is 6.92 Å². The van der Waals surface area contributed by atoms with Crippen molar-refractivity contribution in [3.8, 4) is 0 Å². The molecular weight excluding hydrogens is 228 g/mol. The largest absolute Gasteiger partial charge is 0.468 e. The molecule has 0 saturated carbocycles. The first-order valence-corrected chi connectivity index (χ1v) is 6.31. The van der Waals surface area contributed by atoms with Crippen LogP contribution in [-0.4, -0.2) is 12.1 Å². The van der Waals surface area contributed by atoms with Gasteiger partial charge < -0.3 is 9.47 Å². The van der Waals surface area contributed by atoms with Gasteiger partial charge in [-0.2, -0.15) is 0 Å². The van der Waals surface area contributed by atoms with Crippen molar-refractivity contribution in [3.63, 3.8) is 0 Å². The zero-order valence-electron chi connectivity index (χ0n) is 10.3. The number of benzene rings is 1. The Balaban J connectivity index is 1.92. The predicted molar refractivity (Wildman–Crippen MR) is 64.8 cm³/mol. The molecule has 3 heteroatoms. The summed E-state index contributed by atoms with van der Waals surface area (Å²) in [6.07, 6.45) is -0.217. The lowest BCUT2D eigenvalue weighted by molar-refractivity contribution is -0.122. The number of hydrogen-bond donors (Lipinski definition) is 0. The summed E-state index contributed by atoms with van der Waals surface area (Å²) in [5.41, 5.74) is 3.32. The molecule has 4 rings (SSSR count). The molecule has 1 aromatic carbocycles. The maximum atomic E-state index is 11.9. The molecule has 0 N–H and O–H groups in total. The average molecular weight is 242 g/mol. The average Bonchev–Trinajstić information content (AvgIpc) is 2.78. The van der Waals surface area contributed by atoms with Gasteiger partial charge in [0.25, 0.3) is 0 Å². The zero-order valence-corrected chi connectivity index (χ0v) is 10.3. The summed E-state index contributed by atoms with van der Waals surface area (Å²) in [5.74, 6) is 1.18. The highest BCUT2D eigenvalue weighted by atomic mass is 16.7. The van der Waals surface area contributed by atoms with Gasteiger partial charge in [-0.1, -0.05) is 24.3 Å². The number of ketones is 1. The molecule has 0 radical (unpaired) electrons. The number of Topliss-reactive ketones (excluding diaryl/α,β-unsaturated/α-hetero) is 1. The molecule has 2 aliphatic heterocycles. The van der Waals surface area contributed by atoms with E-state index < -0.39 is 0 Å². The summed E-state index contributed by atoms with van der Waals surface area (Å²) in [6, 6.07) is 8.29. The van der Waals surface area contributed by atoms with Gasteiger partial charge in [0.15, 0.2) is 5.78 Å². The van der Waals surface area contributed by atoms with Crippen molar-refractivity contribution in [1.29, 1.82) is 0 Å². The van der Waals surface area contributed by atoms with Crippen LogP contribution >= 0.6 is 0 Å². The third-order valence-corrected chi connectivity index (χ3v) is 4.33. The summed E-state index contributed by atoms with van der Waals surface area (Å²) in [6.45, 7) is 3.49. The van der Waals surface area contributed by atoms with E-state index in [4.69, 9.17) is 9.47 Å². The molecule has 3 aliphatic rings. The van der Waals surface area contributed by atoms with Crippen molar-refractivity contribution in [2.45, 2.75) is 32.2 Å². The molecule has 0 unspecified atom stereocenters. The molecule has 2 heterocycles. The van der Waals surface area contributed by atoms with Gasteiger partial charge >= 0.3 is 0 Å². The molecule has 4 bridgehead atoms. The second kappa shape index (κ2) is 3.23. The smallest absolute Gasteiger partial charge is 0.207 e. The van der Waals surface area contributed by atoms with Crippen LogP contribution in [0.2, 0.25) is 0 Å². The van der Waals surface area contributed by atoms with Crippen molar-refractivity contribution < 1.29 is 14.3 Å². The van der Waals surface area contributed by atoms with E-state index in [1.165, 1.54) is 11.1 Å². The molecule has 18 heavy (non-hydrogen) atoms. The fourth-order valence-electron chi connectivity index (χ4n) is 3.74. The van der Waals surface area contributed by atoms with E-state index in [0.29, 0.717) is 0 Å². The number of fused-ring (bicyclic) bond motifs is 2. The van der Waals surface area contributed by atoms with E-state index in [1.807, 2.05) is 19.1 Å². The van der Waals surface area contributed by atoms with Gasteiger partial charge in [0, 0.05) is 11.5 Å². The van der Waals surface area contributed by atoms with Crippen molar-refractivity contribution in [1.82, 2.24) is 0 Å². The van der Waals surface area contributed by atoms with Gasteiger partial charge in [-0.15, -0.1) is 0 Å². The van der Waals surface area contributed by atoms with E-state index in [2.05, 4.69) is 12.1 Å². The van der Waals surface area contributed by atoms with Crippen LogP contribution in [0.25, 0.3) is 0 Å². The van der Waals surface area contributed by atoms with Crippen LogP contribution in [0.1, 0.15) is 37.0 Å². The van der Waals surface area contributed by atoms with Gasteiger partial charge in [-0.3, -0.25) is 4.79 Å². The van der Waals surface area contributed by atoms with Crippen molar-refractivity contribution in [2.75, 3.05) is 0 Å². The number of carbonyl (C=O) groups excluding carboxylic acids is 1. The second-order valence-corrected chi connectivity index (χ2v) is 5.25. The molecule has 4 atom stereocenters. The standard InChI is InChI=1S/C15H14O3/c1-7(16)11-8(2)17-15-12-9-5-3-4-6-10(9)14(18-15)13(11)12/h3-6,12-15H,1-2H3/t12-,13-,14+,15-/m0/s1. The lowest BCUT2D eigenvalue weighted by Crippen LogP contribution is -2.28. The van der Waals surface area contributed by atoms with Crippen molar-refractivity contribution in [3.05, 3.63) is 46.7 Å². The first kappa shape index (κ1) is 10.3. The molecule has 92 valence electrons. The van der Waals surface area contributed by atoms with Crippen LogP contribution < -0.4 is 0 Å². The zero-order chi connectivity index (χ0) is 12.4. The Hall–Kier alpha value is -1.61. The van der Waals surface area contributed by atoms with Crippen LogP contribution in [0.15, 0.2) is 35.6 Å². The number of rotatable bonds is 1. The summed E-state index contributed by atoms with van der Waals surface area (Å²) in [7, 11) is 0. The van der Waals surface area contributed by atoms with Gasteiger partial charge in [-0.05, 0) is 25.0 Å². The minimum absolute atomic E-state index is 0.00690. The molecule has 1 fully saturated rings. The lowest BCUT2D eigenvalue weighted by atomic mass is 9.83. The van der Waals surface area contributed by atoms with Crippen LogP contribution in [0.3, 0.4) is 0 Å². The number of ether oxygens (including phenoxy) is 2. The third-order valence-electron chi connectivity index (χ3n) is 4.33. The SMILES string of the molecule is CC(=O)C1=C(C)O[C@H]2O[C@@H]3c4ccccc4[C@H]2[C@H]13. The van der Waals surface area contributed by atoms with Gasteiger partial charge in [0.2, 0.25) is 6.29 Å². The topological polar surface area (TPSA) is 35.5 Å². The first-order valence-electron chi connectivity index (χ1n) is 6.31. The Labute approximate surface area is 105 Å². The van der Waals surface area contributed by atoms with Crippen LogP contribution in [0.5, 0.6) is 0 Å². The molecule has 1 aliphatic carbocycles. The van der Waals surface area contributed by atoms with Crippen LogP contribution in [0.4, 0.5) is 0 Å². The monoisotopic (exact) mass is 242 g/mol. The predicted octanol–water partition coefficient (Wildman–Crippen LogP) is 2.69. The van der Waals surface area contributed by atoms with E-state index in [0.717, 1.165) is 11.3 Å². The minimum Gasteiger partial charge on any atom is -0.468 e. The first-order chi connectivity index (χ1) is 8.68. The van der Waals surface area contributed by atoms with Crippen molar-refractivity contribution in [2.24, 2.45) is 5.92 Å². The minimum atomic E-state index is -0.210. The Kier molecular flexibility index (Phi) is 1.86. The normalized spacial score (nSPS) is 35.4. The van der Waals surface area contributed by atoms with Crippen LogP contribution in [0, 0.1) is 5.92 Å². The number of carbonyl (C=O) groups is 1. The van der Waals surface area contributed by atoms with Gasteiger partial charge in [0.1, 0.15) is 5.76 Å². The highest BCUT2D eigenvalue weighted by Crippen LogP contribution is 2.61. The molecular formula is C15H14O3. The molecule has 1 saturated heterocycles. The van der Waals surface area contributed by atoms with Crippen molar-refractivity contribution >= 4 is 5.78 Å². The summed E-state index contributed by atoms with van der Waals surface area (Å²) in [5, 5.41) is 0. The highest BCUT2D eigenvalue weighted by molar-refractivity contribution is 5.95. The Morgan fingerprint density at radius 2 is 1.89 bits per heavy atom. The molecule has 1 aromatic rings. The van der Waals surface area contributed by atoms with Gasteiger partial charge in [-0.25, -0.2) is 0 Å². The number of hydrogen-bond acceptors (Lipinski definition) is 3. The maximum Gasteiger partial charge on any atom is 0.207 e. The fourth-order valence-corrected chi connectivity index (χ4v) is 3.74. The molecule has 3 nitrogen and oxygen atoms in total. The molecule has 0 aromatic heterocycles. The quantitative estimate of drug-likeness (QED) is 0.759. The lowest BCUT2D eigenvalue weighted by Gasteiger charge is -2.29. The number of allylic oxidation sites excluding steroid dienone is 1. The Bertz CT molecular complexity index is 587. The Morgan fingerprint density at radius 1 is 1.17 bits per heavy atom. The van der Waals surface area contributed by atoms with E-state index in [-0.39, 0.29) is 30.0 Å².